The van der Waals surface area contributed by atoms with Crippen LogP contribution in [0.4, 0.5) is 0 Å². The van der Waals surface area contributed by atoms with Gasteiger partial charge in [-0.2, -0.15) is 0 Å². The molecule has 2 aromatic rings. The van der Waals surface area contributed by atoms with E-state index < -0.39 is 5.60 Å². The summed E-state index contributed by atoms with van der Waals surface area (Å²) in [7, 11) is 0. The summed E-state index contributed by atoms with van der Waals surface area (Å²) in [6.45, 7) is 1.80. The average molecular weight is 400 g/mol. The smallest absolute Gasteiger partial charge is 0.133 e. The van der Waals surface area contributed by atoms with Gasteiger partial charge in [-0.1, -0.05) is 50.1 Å². The van der Waals surface area contributed by atoms with Gasteiger partial charge in [0.2, 0.25) is 0 Å². The molecule has 0 saturated carbocycles. The van der Waals surface area contributed by atoms with Crippen molar-refractivity contribution in [3.05, 3.63) is 58.6 Å². The second-order valence-electron chi connectivity index (χ2n) is 4.76. The second-order valence-corrected chi connectivity index (χ2v) is 6.47. The van der Waals surface area contributed by atoms with Gasteiger partial charge < -0.3 is 9.84 Å². The summed E-state index contributed by atoms with van der Waals surface area (Å²) < 4.78 is 6.91. The Labute approximate surface area is 136 Å². The van der Waals surface area contributed by atoms with Crippen LogP contribution in [0.2, 0.25) is 0 Å². The van der Waals surface area contributed by atoms with Gasteiger partial charge in [0.1, 0.15) is 11.5 Å². The van der Waals surface area contributed by atoms with Gasteiger partial charge >= 0.3 is 0 Å². The maximum absolute atomic E-state index is 10.6. The first-order valence-electron chi connectivity index (χ1n) is 6.34. The Morgan fingerprint density at radius 2 is 1.75 bits per heavy atom. The van der Waals surface area contributed by atoms with E-state index in [1.54, 1.807) is 6.92 Å². The number of aliphatic hydroxyl groups is 1. The van der Waals surface area contributed by atoms with Crippen molar-refractivity contribution >= 4 is 31.9 Å². The van der Waals surface area contributed by atoms with Crippen LogP contribution in [0.3, 0.4) is 0 Å². The van der Waals surface area contributed by atoms with Crippen molar-refractivity contribution in [1.82, 2.24) is 0 Å². The van der Waals surface area contributed by atoms with Crippen molar-refractivity contribution in [2.75, 3.05) is 5.33 Å². The molecule has 0 bridgehead atoms. The predicted molar refractivity (Wildman–Crippen MR) is 88.6 cm³/mol. The van der Waals surface area contributed by atoms with Gasteiger partial charge in [-0.05, 0) is 43.7 Å². The first-order valence-corrected chi connectivity index (χ1v) is 8.25. The first-order chi connectivity index (χ1) is 9.53. The second kappa shape index (κ2) is 6.74. The largest absolute Gasteiger partial charge is 0.457 e. The Balaban J connectivity index is 2.30. The maximum Gasteiger partial charge on any atom is 0.133 e. The number of hydrogen-bond acceptors (Lipinski definition) is 2. The van der Waals surface area contributed by atoms with Gasteiger partial charge in [-0.25, -0.2) is 0 Å². The number of alkyl halides is 1. The van der Waals surface area contributed by atoms with E-state index in [1.807, 2.05) is 48.5 Å². The Morgan fingerprint density at radius 3 is 2.40 bits per heavy atom. The minimum atomic E-state index is -0.921. The van der Waals surface area contributed by atoms with Gasteiger partial charge in [0.15, 0.2) is 0 Å². The van der Waals surface area contributed by atoms with Crippen molar-refractivity contribution in [3.8, 4) is 11.5 Å². The van der Waals surface area contributed by atoms with Crippen molar-refractivity contribution in [2.24, 2.45) is 0 Å². The monoisotopic (exact) mass is 398 g/mol. The van der Waals surface area contributed by atoms with Crippen molar-refractivity contribution < 1.29 is 9.84 Å². The van der Waals surface area contributed by atoms with Crippen LogP contribution in [0.25, 0.3) is 0 Å². The third kappa shape index (κ3) is 3.84. The van der Waals surface area contributed by atoms with Crippen molar-refractivity contribution in [3.63, 3.8) is 0 Å². The van der Waals surface area contributed by atoms with Gasteiger partial charge in [-0.3, -0.25) is 0 Å². The lowest BCUT2D eigenvalue weighted by Crippen LogP contribution is -2.22. The van der Waals surface area contributed by atoms with Crippen LogP contribution in [-0.2, 0) is 5.60 Å². The summed E-state index contributed by atoms with van der Waals surface area (Å²) in [5.41, 5.74) is -0.127. The molecule has 2 rings (SSSR count). The summed E-state index contributed by atoms with van der Waals surface area (Å²) in [5, 5.41) is 11.3. The third-order valence-electron chi connectivity index (χ3n) is 3.09. The number of halogens is 2. The third-order valence-corrected chi connectivity index (χ3v) is 4.02. The van der Waals surface area contributed by atoms with Crippen LogP contribution in [-0.4, -0.2) is 10.4 Å². The van der Waals surface area contributed by atoms with E-state index in [0.717, 1.165) is 21.1 Å². The van der Waals surface area contributed by atoms with E-state index in [0.29, 0.717) is 12.2 Å². The first kappa shape index (κ1) is 15.5. The highest BCUT2D eigenvalue weighted by Crippen LogP contribution is 2.35. The predicted octanol–water partition coefficient (Wildman–Crippen LogP) is 5.23. The van der Waals surface area contributed by atoms with Crippen LogP contribution in [0.1, 0.15) is 18.9 Å². The molecule has 0 radical (unpaired) electrons. The highest BCUT2D eigenvalue weighted by Gasteiger charge is 2.26. The molecule has 0 spiro atoms. The Kier molecular flexibility index (Phi) is 5.24. The van der Waals surface area contributed by atoms with Crippen LogP contribution in [0, 0.1) is 0 Å². The molecule has 0 aromatic heterocycles. The molecule has 0 aliphatic heterocycles. The summed E-state index contributed by atoms with van der Waals surface area (Å²) in [6.07, 6.45) is 0.619. The molecule has 106 valence electrons. The normalized spacial score (nSPS) is 13.8. The number of rotatable bonds is 5. The van der Waals surface area contributed by atoms with Crippen molar-refractivity contribution in [1.29, 1.82) is 0 Å². The molecule has 0 fully saturated rings. The quantitative estimate of drug-likeness (QED) is 0.697. The molecule has 0 heterocycles. The van der Waals surface area contributed by atoms with Crippen LogP contribution < -0.4 is 4.74 Å². The molecule has 4 heteroatoms. The van der Waals surface area contributed by atoms with E-state index in [2.05, 4.69) is 31.9 Å². The minimum absolute atomic E-state index is 0.619. The molecule has 0 amide bonds. The molecule has 0 aliphatic rings. The highest BCUT2D eigenvalue weighted by atomic mass is 79.9. The summed E-state index contributed by atoms with van der Waals surface area (Å²) in [4.78, 5) is 0. The number of ether oxygens (including phenoxy) is 1. The number of benzene rings is 2. The summed E-state index contributed by atoms with van der Waals surface area (Å²) in [5.74, 6) is 1.43. The molecule has 1 atom stereocenters. The fourth-order valence-corrected chi connectivity index (χ4v) is 2.99. The average Bonchev–Trinajstić information content (AvgIpc) is 2.42. The van der Waals surface area contributed by atoms with Gasteiger partial charge in [0, 0.05) is 15.4 Å². The molecule has 2 aromatic carbocycles. The lowest BCUT2D eigenvalue weighted by molar-refractivity contribution is 0.0526. The van der Waals surface area contributed by atoms with E-state index in [-0.39, 0.29) is 0 Å². The Hall–Kier alpha value is -0.840. The Morgan fingerprint density at radius 1 is 1.10 bits per heavy atom. The zero-order chi connectivity index (χ0) is 14.6. The van der Waals surface area contributed by atoms with Crippen LogP contribution >= 0.6 is 31.9 Å². The van der Waals surface area contributed by atoms with Gasteiger partial charge in [0.05, 0.1) is 5.60 Å². The Bertz CT molecular complexity index is 565. The number of hydrogen-bond donors (Lipinski definition) is 1. The molecule has 0 saturated heterocycles. The number of para-hydroxylation sites is 1. The van der Waals surface area contributed by atoms with Crippen LogP contribution in [0.5, 0.6) is 11.5 Å². The van der Waals surface area contributed by atoms with E-state index >= 15 is 0 Å². The fourth-order valence-electron chi connectivity index (χ4n) is 1.95. The van der Waals surface area contributed by atoms with Gasteiger partial charge in [-0.15, -0.1) is 0 Å². The molecule has 0 aliphatic carbocycles. The lowest BCUT2D eigenvalue weighted by atomic mass is 9.92. The molecule has 1 N–H and O–H groups in total. The van der Waals surface area contributed by atoms with E-state index in [1.165, 1.54) is 0 Å². The highest BCUT2D eigenvalue weighted by molar-refractivity contribution is 9.10. The summed E-state index contributed by atoms with van der Waals surface area (Å²) >= 11 is 6.77. The SMILES string of the molecule is CC(O)(CCBr)c1ccccc1Oc1ccc(Br)cc1. The molecule has 1 unspecified atom stereocenters. The van der Waals surface area contributed by atoms with Crippen molar-refractivity contribution in [2.45, 2.75) is 18.9 Å². The molecule has 2 nitrogen and oxygen atoms in total. The van der Waals surface area contributed by atoms with E-state index in [9.17, 15) is 5.11 Å². The topological polar surface area (TPSA) is 29.5 Å². The molecular weight excluding hydrogens is 384 g/mol. The molecule has 20 heavy (non-hydrogen) atoms. The standard InChI is InChI=1S/C16H16Br2O2/c1-16(19,10-11-17)14-4-2-3-5-15(14)20-13-8-6-12(18)7-9-13/h2-9,19H,10-11H2,1H3. The van der Waals surface area contributed by atoms with Gasteiger partial charge in [0.25, 0.3) is 0 Å². The zero-order valence-electron chi connectivity index (χ0n) is 11.1. The lowest BCUT2D eigenvalue weighted by Gasteiger charge is -2.25. The summed E-state index contributed by atoms with van der Waals surface area (Å²) in [6, 6.07) is 15.2. The maximum atomic E-state index is 10.6. The van der Waals surface area contributed by atoms with E-state index in [4.69, 9.17) is 4.74 Å². The minimum Gasteiger partial charge on any atom is -0.457 e. The zero-order valence-corrected chi connectivity index (χ0v) is 14.3. The van der Waals surface area contributed by atoms with Crippen LogP contribution in [0.15, 0.2) is 53.0 Å². The fraction of sp³-hybridized carbons (Fsp3) is 0.250. The molecular formula is C16H16Br2O2.